The lowest BCUT2D eigenvalue weighted by Crippen LogP contribution is -2.42. The lowest BCUT2D eigenvalue weighted by molar-refractivity contribution is -0.269. The second-order valence-corrected chi connectivity index (χ2v) is 7.46. The molecule has 2 aromatic carbocycles. The van der Waals surface area contributed by atoms with E-state index >= 15 is 0 Å². The fourth-order valence-corrected chi connectivity index (χ4v) is 3.77. The fourth-order valence-electron chi connectivity index (χ4n) is 3.03. The minimum Gasteiger partial charge on any atom is -0.265 e. The van der Waals surface area contributed by atoms with Gasteiger partial charge in [0.15, 0.2) is 0 Å². The maximum atomic E-state index is 14.0. The molecule has 1 aliphatic rings. The van der Waals surface area contributed by atoms with Gasteiger partial charge in [0, 0.05) is 32.8 Å². The SMILES string of the molecule is FC(F)(F)C1(c2cc(Cl)cc(Cl)c2)C=C(c2ccc3nccc(Cl)c3c2)NO1. The number of hydroxylamine groups is 1. The first-order valence-corrected chi connectivity index (χ1v) is 9.08. The minimum absolute atomic E-state index is 0.0696. The second-order valence-electron chi connectivity index (χ2n) is 6.18. The summed E-state index contributed by atoms with van der Waals surface area (Å²) in [5.74, 6) is 0. The van der Waals surface area contributed by atoms with Gasteiger partial charge in [-0.2, -0.15) is 13.2 Å². The van der Waals surface area contributed by atoms with Crippen LogP contribution in [0.1, 0.15) is 11.1 Å². The van der Waals surface area contributed by atoms with E-state index in [0.717, 1.165) is 6.08 Å². The number of benzene rings is 2. The lowest BCUT2D eigenvalue weighted by atomic mass is 9.91. The van der Waals surface area contributed by atoms with E-state index in [-0.39, 0.29) is 21.3 Å². The summed E-state index contributed by atoms with van der Waals surface area (Å²) in [5, 5.41) is 1.19. The number of rotatable bonds is 2. The summed E-state index contributed by atoms with van der Waals surface area (Å²) < 4.78 is 42.1. The van der Waals surface area contributed by atoms with Gasteiger partial charge in [0.2, 0.25) is 5.60 Å². The van der Waals surface area contributed by atoms with Gasteiger partial charge in [-0.15, -0.1) is 0 Å². The summed E-state index contributed by atoms with van der Waals surface area (Å²) in [7, 11) is 0. The number of hydrogen-bond acceptors (Lipinski definition) is 3. The van der Waals surface area contributed by atoms with Gasteiger partial charge >= 0.3 is 6.18 Å². The highest BCUT2D eigenvalue weighted by atomic mass is 35.5. The number of fused-ring (bicyclic) bond motifs is 1. The summed E-state index contributed by atoms with van der Waals surface area (Å²) in [6.45, 7) is 0. The van der Waals surface area contributed by atoms with Crippen LogP contribution in [0, 0.1) is 0 Å². The Hall–Kier alpha value is -1.99. The summed E-state index contributed by atoms with van der Waals surface area (Å²) >= 11 is 18.0. The van der Waals surface area contributed by atoms with E-state index in [1.54, 1.807) is 30.5 Å². The molecule has 0 amide bonds. The van der Waals surface area contributed by atoms with Gasteiger partial charge in [0.25, 0.3) is 0 Å². The van der Waals surface area contributed by atoms with Crippen molar-refractivity contribution in [3.8, 4) is 0 Å². The van der Waals surface area contributed by atoms with Crippen LogP contribution in [0.4, 0.5) is 13.2 Å². The lowest BCUT2D eigenvalue weighted by Gasteiger charge is -2.28. The third kappa shape index (κ3) is 3.20. The highest BCUT2D eigenvalue weighted by molar-refractivity contribution is 6.35. The molecule has 1 aliphatic heterocycles. The average Bonchev–Trinajstić information content (AvgIpc) is 3.08. The first-order valence-electron chi connectivity index (χ1n) is 7.94. The predicted molar refractivity (Wildman–Crippen MR) is 103 cm³/mol. The molecule has 0 spiro atoms. The highest BCUT2D eigenvalue weighted by Crippen LogP contribution is 2.48. The topological polar surface area (TPSA) is 34.2 Å². The van der Waals surface area contributed by atoms with Gasteiger partial charge in [-0.25, -0.2) is 0 Å². The summed E-state index contributed by atoms with van der Waals surface area (Å²) in [5.41, 5.74) is 0.621. The first-order chi connectivity index (χ1) is 13.2. The Morgan fingerprint density at radius 1 is 0.964 bits per heavy atom. The van der Waals surface area contributed by atoms with Crippen molar-refractivity contribution in [2.75, 3.05) is 0 Å². The molecule has 28 heavy (non-hydrogen) atoms. The third-order valence-corrected chi connectivity index (χ3v) is 5.15. The molecule has 1 N–H and O–H groups in total. The largest absolute Gasteiger partial charge is 0.428 e. The van der Waals surface area contributed by atoms with Crippen LogP contribution in [-0.2, 0) is 10.4 Å². The maximum Gasteiger partial charge on any atom is 0.428 e. The molecule has 144 valence electrons. The number of nitrogens with zero attached hydrogens (tertiary/aromatic N) is 1. The normalized spacial score (nSPS) is 19.6. The van der Waals surface area contributed by atoms with Crippen LogP contribution in [0.15, 0.2) is 54.7 Å². The number of alkyl halides is 3. The molecule has 9 heteroatoms. The van der Waals surface area contributed by atoms with E-state index in [1.807, 2.05) is 0 Å². The van der Waals surface area contributed by atoms with E-state index < -0.39 is 11.8 Å². The number of pyridine rings is 1. The van der Waals surface area contributed by atoms with Crippen LogP contribution in [0.3, 0.4) is 0 Å². The molecule has 1 unspecified atom stereocenters. The van der Waals surface area contributed by atoms with Gasteiger partial charge in [-0.3, -0.25) is 15.3 Å². The molecule has 3 nitrogen and oxygen atoms in total. The minimum atomic E-state index is -4.77. The molecule has 2 heterocycles. The van der Waals surface area contributed by atoms with Gasteiger partial charge in [-0.05, 0) is 42.5 Å². The van der Waals surface area contributed by atoms with E-state index in [9.17, 15) is 13.2 Å². The van der Waals surface area contributed by atoms with Crippen LogP contribution >= 0.6 is 34.8 Å². The second kappa shape index (κ2) is 6.81. The molecule has 4 rings (SSSR count). The fraction of sp³-hybridized carbons (Fsp3) is 0.105. The van der Waals surface area contributed by atoms with Crippen molar-refractivity contribution in [1.29, 1.82) is 0 Å². The van der Waals surface area contributed by atoms with Crippen LogP contribution in [0.25, 0.3) is 16.6 Å². The van der Waals surface area contributed by atoms with E-state index in [4.69, 9.17) is 39.6 Å². The summed E-state index contributed by atoms with van der Waals surface area (Å²) in [4.78, 5) is 9.26. The molecular weight excluding hydrogens is 436 g/mol. The molecule has 0 bridgehead atoms. The van der Waals surface area contributed by atoms with Gasteiger partial charge in [0.05, 0.1) is 16.2 Å². The third-order valence-electron chi connectivity index (χ3n) is 4.38. The number of aromatic nitrogens is 1. The maximum absolute atomic E-state index is 14.0. The molecule has 0 radical (unpaired) electrons. The van der Waals surface area contributed by atoms with Gasteiger partial charge in [-0.1, -0.05) is 40.9 Å². The van der Waals surface area contributed by atoms with Crippen molar-refractivity contribution in [2.45, 2.75) is 11.8 Å². The van der Waals surface area contributed by atoms with E-state index in [1.165, 1.54) is 18.2 Å². The molecular formula is C19H10Cl3F3N2O. The number of nitrogens with one attached hydrogen (secondary N) is 1. The quantitative estimate of drug-likeness (QED) is 0.487. The average molecular weight is 446 g/mol. The zero-order valence-electron chi connectivity index (χ0n) is 13.8. The molecule has 0 saturated heterocycles. The van der Waals surface area contributed by atoms with Gasteiger partial charge < -0.3 is 0 Å². The van der Waals surface area contributed by atoms with E-state index in [2.05, 4.69) is 10.5 Å². The Kier molecular flexibility index (Phi) is 4.70. The summed E-state index contributed by atoms with van der Waals surface area (Å²) in [6, 6.07) is 10.2. The molecule has 0 aliphatic carbocycles. The Bertz CT molecular complexity index is 1100. The monoisotopic (exact) mass is 444 g/mol. The number of halogens is 6. The Morgan fingerprint density at radius 2 is 1.68 bits per heavy atom. The molecule has 3 aromatic rings. The first kappa shape index (κ1) is 19.3. The van der Waals surface area contributed by atoms with Crippen molar-refractivity contribution < 1.29 is 18.0 Å². The molecule has 0 fully saturated rings. The zero-order valence-corrected chi connectivity index (χ0v) is 16.1. The van der Waals surface area contributed by atoms with Crippen molar-refractivity contribution in [3.63, 3.8) is 0 Å². The van der Waals surface area contributed by atoms with Crippen LogP contribution in [0.5, 0.6) is 0 Å². The van der Waals surface area contributed by atoms with Gasteiger partial charge in [0.1, 0.15) is 0 Å². The van der Waals surface area contributed by atoms with Crippen LogP contribution in [-0.4, -0.2) is 11.2 Å². The van der Waals surface area contributed by atoms with Crippen molar-refractivity contribution in [3.05, 3.63) is 80.9 Å². The Labute approximate surface area is 172 Å². The Balaban J connectivity index is 1.87. The molecule has 1 aromatic heterocycles. The number of hydrogen-bond donors (Lipinski definition) is 1. The zero-order chi connectivity index (χ0) is 20.1. The predicted octanol–water partition coefficient (Wildman–Crippen LogP) is 6.53. The van der Waals surface area contributed by atoms with E-state index in [0.29, 0.717) is 21.5 Å². The van der Waals surface area contributed by atoms with Crippen molar-refractivity contribution in [1.82, 2.24) is 10.5 Å². The summed E-state index contributed by atoms with van der Waals surface area (Å²) in [6.07, 6.45) is -2.26. The highest BCUT2D eigenvalue weighted by Gasteiger charge is 2.59. The smallest absolute Gasteiger partial charge is 0.265 e. The molecule has 0 saturated carbocycles. The van der Waals surface area contributed by atoms with Crippen LogP contribution < -0.4 is 5.48 Å². The van der Waals surface area contributed by atoms with Crippen LogP contribution in [0.2, 0.25) is 15.1 Å². The Morgan fingerprint density at radius 3 is 2.36 bits per heavy atom. The molecule has 1 atom stereocenters. The van der Waals surface area contributed by atoms with Crippen molar-refractivity contribution in [2.24, 2.45) is 0 Å². The van der Waals surface area contributed by atoms with Crippen molar-refractivity contribution >= 4 is 51.4 Å². The standard InChI is InChI=1S/C19H10Cl3F3N2O/c20-12-6-11(7-13(21)8-12)18(19(23,24)25)9-17(27-28-18)10-1-2-16-14(5-10)15(22)3-4-26-16/h1-9,27H.